The summed E-state index contributed by atoms with van der Waals surface area (Å²) < 4.78 is 5.35. The predicted molar refractivity (Wildman–Crippen MR) is 130 cm³/mol. The van der Waals surface area contributed by atoms with Gasteiger partial charge in [0, 0.05) is 26.1 Å². The molecule has 5 heteroatoms. The Kier molecular flexibility index (Phi) is 7.40. The largest absolute Gasteiger partial charge is 0.497 e. The van der Waals surface area contributed by atoms with E-state index in [0.29, 0.717) is 38.9 Å². The molecule has 1 aliphatic heterocycles. The number of rotatable bonds is 7. The first-order chi connectivity index (χ1) is 16.1. The molecule has 0 unspecified atom stereocenters. The van der Waals surface area contributed by atoms with Gasteiger partial charge in [0.1, 0.15) is 5.75 Å². The lowest BCUT2D eigenvalue weighted by atomic mass is 9.95. The Balaban J connectivity index is 1.44. The summed E-state index contributed by atoms with van der Waals surface area (Å²) in [5.74, 6) is 0.657. The molecule has 0 aromatic heterocycles. The van der Waals surface area contributed by atoms with Gasteiger partial charge in [0.2, 0.25) is 11.8 Å². The minimum absolute atomic E-state index is 0.0140. The van der Waals surface area contributed by atoms with E-state index in [4.69, 9.17) is 4.74 Å². The van der Waals surface area contributed by atoms with E-state index in [-0.39, 0.29) is 17.7 Å². The molecule has 170 valence electrons. The number of nitrogens with zero attached hydrogens (tertiary/aromatic N) is 1. The number of hydrogen-bond donors (Lipinski definition) is 1. The average Bonchev–Trinajstić information content (AvgIpc) is 3.04. The number of methoxy groups -OCH3 is 1. The number of ether oxygens (including phenoxy) is 1. The van der Waals surface area contributed by atoms with Gasteiger partial charge in [-0.2, -0.15) is 0 Å². The first-order valence-electron chi connectivity index (χ1n) is 11.4. The molecule has 3 aromatic rings. The molecule has 2 amide bonds. The van der Waals surface area contributed by atoms with E-state index in [2.05, 4.69) is 17.4 Å². The number of carbonyl (C=O) groups excluding carboxylic acids is 2. The molecule has 1 heterocycles. The zero-order chi connectivity index (χ0) is 23.0. The van der Waals surface area contributed by atoms with Gasteiger partial charge in [-0.25, -0.2) is 0 Å². The summed E-state index contributed by atoms with van der Waals surface area (Å²) in [6.45, 7) is 1.50. The Morgan fingerprint density at radius 1 is 0.970 bits per heavy atom. The van der Waals surface area contributed by atoms with Crippen LogP contribution in [0.15, 0.2) is 78.9 Å². The third kappa shape index (κ3) is 6.01. The molecular weight excluding hydrogens is 412 g/mol. The highest BCUT2D eigenvalue weighted by Gasteiger charge is 2.27. The van der Waals surface area contributed by atoms with Crippen molar-refractivity contribution in [1.29, 1.82) is 0 Å². The van der Waals surface area contributed by atoms with Crippen molar-refractivity contribution in [3.05, 3.63) is 90.0 Å². The Morgan fingerprint density at radius 2 is 1.70 bits per heavy atom. The van der Waals surface area contributed by atoms with Crippen LogP contribution in [0.1, 0.15) is 17.5 Å². The molecule has 0 saturated carbocycles. The molecule has 4 rings (SSSR count). The maximum absolute atomic E-state index is 12.9. The fraction of sp³-hybridized carbons (Fsp3) is 0.286. The van der Waals surface area contributed by atoms with Crippen LogP contribution in [-0.2, 0) is 22.4 Å². The normalized spacial score (nSPS) is 16.1. The first kappa shape index (κ1) is 22.6. The molecule has 5 nitrogen and oxygen atoms in total. The molecule has 0 spiro atoms. The average molecular weight is 443 g/mol. The monoisotopic (exact) mass is 442 g/mol. The van der Waals surface area contributed by atoms with E-state index in [1.165, 1.54) is 0 Å². The molecule has 1 saturated heterocycles. The highest BCUT2D eigenvalue weighted by molar-refractivity contribution is 5.82. The SMILES string of the molecule is COc1cccc(-c2cccc(C[C@@H]3CN(C(=O)CCc4ccccc4)CCNC3=O)c2)c1. The van der Waals surface area contributed by atoms with Gasteiger partial charge in [-0.1, -0.05) is 66.7 Å². The number of carbonyl (C=O) groups is 2. The Morgan fingerprint density at radius 3 is 2.48 bits per heavy atom. The predicted octanol–water partition coefficient (Wildman–Crippen LogP) is 4.11. The van der Waals surface area contributed by atoms with E-state index in [1.807, 2.05) is 71.6 Å². The molecule has 3 aromatic carbocycles. The van der Waals surface area contributed by atoms with Crippen molar-refractivity contribution in [2.75, 3.05) is 26.7 Å². The summed E-state index contributed by atoms with van der Waals surface area (Å²) in [5.41, 5.74) is 4.38. The van der Waals surface area contributed by atoms with Gasteiger partial charge in [0.25, 0.3) is 0 Å². The Hall–Kier alpha value is -3.60. The molecule has 1 fully saturated rings. The summed E-state index contributed by atoms with van der Waals surface area (Å²) in [5, 5.41) is 2.99. The summed E-state index contributed by atoms with van der Waals surface area (Å²) in [4.78, 5) is 27.5. The Labute approximate surface area is 195 Å². The van der Waals surface area contributed by atoms with E-state index in [1.54, 1.807) is 7.11 Å². The van der Waals surface area contributed by atoms with Crippen molar-refractivity contribution in [2.45, 2.75) is 19.3 Å². The molecule has 1 N–H and O–H groups in total. The summed E-state index contributed by atoms with van der Waals surface area (Å²) in [6.07, 6.45) is 1.76. The molecule has 0 radical (unpaired) electrons. The van der Waals surface area contributed by atoms with Crippen LogP contribution in [0.5, 0.6) is 5.75 Å². The highest BCUT2D eigenvalue weighted by Crippen LogP contribution is 2.25. The highest BCUT2D eigenvalue weighted by atomic mass is 16.5. The maximum Gasteiger partial charge on any atom is 0.225 e. The van der Waals surface area contributed by atoms with Crippen LogP contribution in [-0.4, -0.2) is 43.5 Å². The van der Waals surface area contributed by atoms with Crippen LogP contribution in [0.4, 0.5) is 0 Å². The van der Waals surface area contributed by atoms with E-state index in [9.17, 15) is 9.59 Å². The second-order valence-electron chi connectivity index (χ2n) is 8.45. The minimum atomic E-state index is -0.270. The van der Waals surface area contributed by atoms with Crippen LogP contribution < -0.4 is 10.1 Å². The third-order valence-corrected chi connectivity index (χ3v) is 6.13. The van der Waals surface area contributed by atoms with Crippen molar-refractivity contribution in [1.82, 2.24) is 10.2 Å². The molecule has 1 aliphatic rings. The lowest BCUT2D eigenvalue weighted by Crippen LogP contribution is -2.37. The summed E-state index contributed by atoms with van der Waals surface area (Å²) >= 11 is 0. The van der Waals surface area contributed by atoms with Crippen molar-refractivity contribution in [3.63, 3.8) is 0 Å². The van der Waals surface area contributed by atoms with E-state index < -0.39 is 0 Å². The smallest absolute Gasteiger partial charge is 0.225 e. The zero-order valence-corrected chi connectivity index (χ0v) is 19.0. The van der Waals surface area contributed by atoms with Gasteiger partial charge in [0.05, 0.1) is 13.0 Å². The molecule has 0 aliphatic carbocycles. The molecular formula is C28H30N2O3. The van der Waals surface area contributed by atoms with Gasteiger partial charge < -0.3 is 15.0 Å². The van der Waals surface area contributed by atoms with Crippen LogP contribution in [0.2, 0.25) is 0 Å². The van der Waals surface area contributed by atoms with Crippen LogP contribution >= 0.6 is 0 Å². The number of benzene rings is 3. The fourth-order valence-corrected chi connectivity index (χ4v) is 4.30. The molecule has 33 heavy (non-hydrogen) atoms. The van der Waals surface area contributed by atoms with Gasteiger partial charge in [-0.3, -0.25) is 9.59 Å². The molecule has 1 atom stereocenters. The van der Waals surface area contributed by atoms with Gasteiger partial charge >= 0.3 is 0 Å². The number of hydrogen-bond acceptors (Lipinski definition) is 3. The molecule has 0 bridgehead atoms. The zero-order valence-electron chi connectivity index (χ0n) is 19.0. The summed E-state index contributed by atoms with van der Waals surface area (Å²) in [7, 11) is 1.66. The second-order valence-corrected chi connectivity index (χ2v) is 8.45. The van der Waals surface area contributed by atoms with Gasteiger partial charge in [0.15, 0.2) is 0 Å². The third-order valence-electron chi connectivity index (χ3n) is 6.13. The lowest BCUT2D eigenvalue weighted by Gasteiger charge is -2.23. The Bertz CT molecular complexity index is 1100. The first-order valence-corrected chi connectivity index (χ1v) is 11.4. The van der Waals surface area contributed by atoms with Gasteiger partial charge in [-0.15, -0.1) is 0 Å². The topological polar surface area (TPSA) is 58.6 Å². The van der Waals surface area contributed by atoms with E-state index >= 15 is 0 Å². The second kappa shape index (κ2) is 10.8. The van der Waals surface area contributed by atoms with Crippen LogP contribution in [0, 0.1) is 5.92 Å². The summed E-state index contributed by atoms with van der Waals surface area (Å²) in [6, 6.07) is 26.2. The van der Waals surface area contributed by atoms with Crippen molar-refractivity contribution < 1.29 is 14.3 Å². The fourth-order valence-electron chi connectivity index (χ4n) is 4.30. The van der Waals surface area contributed by atoms with Crippen LogP contribution in [0.3, 0.4) is 0 Å². The number of aryl methyl sites for hydroxylation is 1. The number of amides is 2. The van der Waals surface area contributed by atoms with Crippen molar-refractivity contribution in [2.24, 2.45) is 5.92 Å². The van der Waals surface area contributed by atoms with E-state index in [0.717, 1.165) is 28.0 Å². The van der Waals surface area contributed by atoms with Crippen LogP contribution in [0.25, 0.3) is 11.1 Å². The lowest BCUT2D eigenvalue weighted by molar-refractivity contribution is -0.132. The van der Waals surface area contributed by atoms with Crippen molar-refractivity contribution in [3.8, 4) is 16.9 Å². The van der Waals surface area contributed by atoms with Gasteiger partial charge in [-0.05, 0) is 47.2 Å². The maximum atomic E-state index is 12.9. The van der Waals surface area contributed by atoms with Crippen molar-refractivity contribution >= 4 is 11.8 Å². The minimum Gasteiger partial charge on any atom is -0.497 e. The standard InChI is InChI=1S/C28H30N2O3/c1-33-26-12-6-11-24(19-26)23-10-5-9-22(17-23)18-25-20-30(16-15-29-28(25)32)27(31)14-13-21-7-3-2-4-8-21/h2-12,17,19,25H,13-16,18,20H2,1H3,(H,29,32)/t25-/m1/s1. The quantitative estimate of drug-likeness (QED) is 0.599. The number of nitrogens with one attached hydrogen (secondary N) is 1.